The molecule has 0 aromatic heterocycles. The van der Waals surface area contributed by atoms with Crippen molar-refractivity contribution in [3.63, 3.8) is 0 Å². The monoisotopic (exact) mass is 439 g/mol. The molecule has 10 nitrogen and oxygen atoms in total. The number of urea groups is 1. The molecule has 166 valence electrons. The highest BCUT2D eigenvalue weighted by Crippen LogP contribution is 2.29. The van der Waals surface area contributed by atoms with Gasteiger partial charge in [0.25, 0.3) is 11.8 Å². The van der Waals surface area contributed by atoms with Crippen molar-refractivity contribution < 1.29 is 33.4 Å². The summed E-state index contributed by atoms with van der Waals surface area (Å²) in [5.41, 5.74) is 1.18. The van der Waals surface area contributed by atoms with E-state index in [1.807, 2.05) is 6.07 Å². The van der Waals surface area contributed by atoms with Crippen LogP contribution >= 0.6 is 0 Å². The van der Waals surface area contributed by atoms with Crippen LogP contribution in [0.1, 0.15) is 5.56 Å². The number of hydrogen-bond acceptors (Lipinski definition) is 7. The normalized spacial score (nSPS) is 14.2. The molecule has 0 saturated carbocycles. The molecule has 1 saturated heterocycles. The van der Waals surface area contributed by atoms with Gasteiger partial charge in [-0.3, -0.25) is 14.4 Å². The zero-order chi connectivity index (χ0) is 23.1. The number of esters is 1. The lowest BCUT2D eigenvalue weighted by molar-refractivity contribution is -0.143. The molecule has 0 spiro atoms. The number of benzene rings is 2. The molecule has 3 rings (SSSR count). The number of anilines is 1. The van der Waals surface area contributed by atoms with Crippen molar-refractivity contribution in [2.75, 3.05) is 32.7 Å². The highest BCUT2D eigenvalue weighted by molar-refractivity contribution is 6.15. The quantitative estimate of drug-likeness (QED) is 0.365. The van der Waals surface area contributed by atoms with Gasteiger partial charge in [0.05, 0.1) is 14.2 Å². The Morgan fingerprint density at radius 2 is 1.81 bits per heavy atom. The average Bonchev–Trinajstić information content (AvgIpc) is 3.05. The number of carbonyl (C=O) groups excluding carboxylic acids is 4. The number of para-hydroxylation sites is 1. The predicted octanol–water partition coefficient (Wildman–Crippen LogP) is 1.78. The molecule has 0 atom stereocenters. The second kappa shape index (κ2) is 10.1. The molecule has 1 aliphatic heterocycles. The first-order valence-electron chi connectivity index (χ1n) is 9.48. The van der Waals surface area contributed by atoms with Gasteiger partial charge in [0.15, 0.2) is 18.1 Å². The second-order valence-electron chi connectivity index (χ2n) is 6.57. The van der Waals surface area contributed by atoms with Gasteiger partial charge in [-0.15, -0.1) is 0 Å². The zero-order valence-corrected chi connectivity index (χ0v) is 17.4. The van der Waals surface area contributed by atoms with Gasteiger partial charge in [0.2, 0.25) is 0 Å². The van der Waals surface area contributed by atoms with Gasteiger partial charge in [-0.25, -0.2) is 9.69 Å². The van der Waals surface area contributed by atoms with Crippen LogP contribution in [-0.2, 0) is 19.1 Å². The van der Waals surface area contributed by atoms with E-state index in [0.29, 0.717) is 22.7 Å². The van der Waals surface area contributed by atoms with Crippen molar-refractivity contribution in [2.24, 2.45) is 0 Å². The van der Waals surface area contributed by atoms with E-state index in [2.05, 4.69) is 15.4 Å². The lowest BCUT2D eigenvalue weighted by atomic mass is 10.1. The van der Waals surface area contributed by atoms with Crippen LogP contribution in [0, 0.1) is 0 Å². The molecule has 1 heterocycles. The van der Waals surface area contributed by atoms with E-state index in [-0.39, 0.29) is 18.2 Å². The van der Waals surface area contributed by atoms with Gasteiger partial charge < -0.3 is 24.8 Å². The summed E-state index contributed by atoms with van der Waals surface area (Å²) < 4.78 is 15.3. The Bertz CT molecular complexity index is 1070. The predicted molar refractivity (Wildman–Crippen MR) is 114 cm³/mol. The Morgan fingerprint density at radius 1 is 1.06 bits per heavy atom. The highest BCUT2D eigenvalue weighted by atomic mass is 16.5. The number of rotatable bonds is 8. The van der Waals surface area contributed by atoms with Gasteiger partial charge in [-0.1, -0.05) is 24.3 Å². The topological polar surface area (TPSA) is 123 Å². The Hall–Kier alpha value is -4.34. The first-order chi connectivity index (χ1) is 15.4. The second-order valence-corrected chi connectivity index (χ2v) is 6.57. The van der Waals surface area contributed by atoms with Crippen LogP contribution in [0.2, 0.25) is 0 Å². The van der Waals surface area contributed by atoms with E-state index in [0.717, 1.165) is 4.90 Å². The van der Waals surface area contributed by atoms with E-state index < -0.39 is 24.5 Å². The lowest BCUT2D eigenvalue weighted by Crippen LogP contribution is -2.36. The van der Waals surface area contributed by atoms with Crippen molar-refractivity contribution in [1.29, 1.82) is 0 Å². The van der Waals surface area contributed by atoms with E-state index in [1.54, 1.807) is 42.5 Å². The highest BCUT2D eigenvalue weighted by Gasteiger charge is 2.35. The third kappa shape index (κ3) is 5.42. The summed E-state index contributed by atoms with van der Waals surface area (Å²) in [4.78, 5) is 48.6. The molecule has 10 heteroatoms. The summed E-state index contributed by atoms with van der Waals surface area (Å²) in [6.07, 6.45) is 1.44. The standard InChI is InChI=1S/C22H21N3O7/c1-30-18-11-14(10-16-21(28)25(22(29)24-16)12-20(27)31-2)8-9-17(18)32-13-19(26)23-15-6-4-3-5-7-15/h3-11H,12-13H2,1-2H3,(H,23,26)(H,24,29)/b16-10+. The number of imide groups is 1. The average molecular weight is 439 g/mol. The summed E-state index contributed by atoms with van der Waals surface area (Å²) in [6.45, 7) is -0.720. The lowest BCUT2D eigenvalue weighted by Gasteiger charge is -2.12. The summed E-state index contributed by atoms with van der Waals surface area (Å²) in [7, 11) is 2.60. The van der Waals surface area contributed by atoms with Crippen molar-refractivity contribution in [2.45, 2.75) is 0 Å². The Morgan fingerprint density at radius 3 is 2.50 bits per heavy atom. The van der Waals surface area contributed by atoms with Gasteiger partial charge in [-0.05, 0) is 35.9 Å². The molecule has 2 aromatic rings. The van der Waals surface area contributed by atoms with Crippen LogP contribution < -0.4 is 20.1 Å². The maximum Gasteiger partial charge on any atom is 0.329 e. The number of nitrogens with one attached hydrogen (secondary N) is 2. The molecule has 2 aromatic carbocycles. The first-order valence-corrected chi connectivity index (χ1v) is 9.48. The SMILES string of the molecule is COC(=O)CN1C(=O)N/C(=C/c2ccc(OCC(=O)Nc3ccccc3)c(OC)c2)C1=O. The molecule has 2 N–H and O–H groups in total. The maximum atomic E-state index is 12.4. The first kappa shape index (κ1) is 22.3. The Balaban J connectivity index is 1.67. The molecule has 1 fully saturated rings. The molecular weight excluding hydrogens is 418 g/mol. The number of amides is 4. The number of carbonyl (C=O) groups is 4. The van der Waals surface area contributed by atoms with Crippen LogP contribution in [0.5, 0.6) is 11.5 Å². The fourth-order valence-electron chi connectivity index (χ4n) is 2.83. The minimum absolute atomic E-state index is 0.00290. The molecule has 1 aliphatic rings. The van der Waals surface area contributed by atoms with Crippen molar-refractivity contribution in [1.82, 2.24) is 10.2 Å². The van der Waals surface area contributed by atoms with Gasteiger partial charge in [-0.2, -0.15) is 0 Å². The van der Waals surface area contributed by atoms with Gasteiger partial charge in [0, 0.05) is 5.69 Å². The van der Waals surface area contributed by atoms with Crippen molar-refractivity contribution in [3.05, 3.63) is 59.8 Å². The summed E-state index contributed by atoms with van der Waals surface area (Å²) in [5, 5.41) is 5.12. The van der Waals surface area contributed by atoms with Crippen LogP contribution in [-0.4, -0.2) is 56.1 Å². The van der Waals surface area contributed by atoms with Crippen molar-refractivity contribution in [3.8, 4) is 11.5 Å². The largest absolute Gasteiger partial charge is 0.493 e. The zero-order valence-electron chi connectivity index (χ0n) is 17.4. The van der Waals surface area contributed by atoms with Crippen LogP contribution in [0.4, 0.5) is 10.5 Å². The molecule has 0 unspecified atom stereocenters. The van der Waals surface area contributed by atoms with Crippen LogP contribution in [0.15, 0.2) is 54.2 Å². The third-order valence-electron chi connectivity index (χ3n) is 4.39. The molecular formula is C22H21N3O7. The molecule has 32 heavy (non-hydrogen) atoms. The molecule has 0 radical (unpaired) electrons. The van der Waals surface area contributed by atoms with E-state index in [9.17, 15) is 19.2 Å². The summed E-state index contributed by atoms with van der Waals surface area (Å²) in [6, 6.07) is 13.0. The van der Waals surface area contributed by atoms with Gasteiger partial charge in [0.1, 0.15) is 12.2 Å². The molecule has 4 amide bonds. The van der Waals surface area contributed by atoms with Crippen LogP contribution in [0.3, 0.4) is 0 Å². The van der Waals surface area contributed by atoms with Crippen LogP contribution in [0.25, 0.3) is 6.08 Å². The summed E-state index contributed by atoms with van der Waals surface area (Å²) >= 11 is 0. The molecule has 0 aliphatic carbocycles. The van der Waals surface area contributed by atoms with E-state index in [4.69, 9.17) is 9.47 Å². The number of methoxy groups -OCH3 is 2. The minimum atomic E-state index is -0.719. The van der Waals surface area contributed by atoms with E-state index >= 15 is 0 Å². The fraction of sp³-hybridized carbons (Fsp3) is 0.182. The summed E-state index contributed by atoms with van der Waals surface area (Å²) in [5.74, 6) is -1.05. The fourth-order valence-corrected chi connectivity index (χ4v) is 2.83. The number of hydrogen-bond donors (Lipinski definition) is 2. The van der Waals surface area contributed by atoms with E-state index in [1.165, 1.54) is 20.3 Å². The third-order valence-corrected chi connectivity index (χ3v) is 4.39. The Labute approximate surface area is 183 Å². The van der Waals surface area contributed by atoms with Crippen molar-refractivity contribution >= 4 is 35.6 Å². The minimum Gasteiger partial charge on any atom is -0.493 e. The smallest absolute Gasteiger partial charge is 0.329 e. The molecule has 0 bridgehead atoms. The Kier molecular flexibility index (Phi) is 7.06. The maximum absolute atomic E-state index is 12.4. The number of ether oxygens (including phenoxy) is 3. The van der Waals surface area contributed by atoms with Gasteiger partial charge >= 0.3 is 12.0 Å². The number of nitrogens with zero attached hydrogens (tertiary/aromatic N) is 1.